The molecular weight excluding hydrogens is 392 g/mol. The van der Waals surface area contributed by atoms with E-state index in [4.69, 9.17) is 9.84 Å². The molecule has 0 aromatic carbocycles. The van der Waals surface area contributed by atoms with Gasteiger partial charge in [-0.1, -0.05) is 0 Å². The zero-order chi connectivity index (χ0) is 21.3. The van der Waals surface area contributed by atoms with Gasteiger partial charge in [-0.25, -0.2) is 24.5 Å². The molecule has 3 heterocycles. The maximum Gasteiger partial charge on any atom is 0.328 e. The van der Waals surface area contributed by atoms with E-state index in [0.717, 1.165) is 6.33 Å². The van der Waals surface area contributed by atoms with E-state index in [-0.39, 0.29) is 17.0 Å². The molecule has 14 nitrogen and oxygen atoms in total. The van der Waals surface area contributed by atoms with Crippen molar-refractivity contribution in [2.75, 3.05) is 11.9 Å². The van der Waals surface area contributed by atoms with Gasteiger partial charge < -0.3 is 35.6 Å². The lowest BCUT2D eigenvalue weighted by Gasteiger charge is -2.17. The van der Waals surface area contributed by atoms with Crippen molar-refractivity contribution in [1.29, 1.82) is 0 Å². The summed E-state index contributed by atoms with van der Waals surface area (Å²) in [6, 6.07) is -2.48. The number of carboxylic acids is 1. The van der Waals surface area contributed by atoms with Crippen molar-refractivity contribution in [2.45, 2.75) is 43.6 Å². The number of fused-ring (bicyclic) bond motifs is 1. The molecular formula is C15H20N6O8. The maximum absolute atomic E-state index is 12.1. The van der Waals surface area contributed by atoms with Gasteiger partial charge in [0.2, 0.25) is 0 Å². The fraction of sp³-hybridized carbons (Fsp3) is 0.533. The number of carbonyl (C=O) groups is 2. The summed E-state index contributed by atoms with van der Waals surface area (Å²) in [7, 11) is 0. The third-order valence-electron chi connectivity index (χ3n) is 4.42. The number of urea groups is 1. The smallest absolute Gasteiger partial charge is 0.328 e. The van der Waals surface area contributed by atoms with E-state index in [1.807, 2.05) is 0 Å². The number of nitrogens with zero attached hydrogens (tertiary/aromatic N) is 4. The zero-order valence-electron chi connectivity index (χ0n) is 15.1. The molecule has 1 aliphatic heterocycles. The van der Waals surface area contributed by atoms with Crippen LogP contribution in [0.1, 0.15) is 13.2 Å². The molecule has 2 amide bonds. The quantitative estimate of drug-likeness (QED) is 0.261. The van der Waals surface area contributed by atoms with Crippen LogP contribution in [0.25, 0.3) is 11.2 Å². The first-order chi connectivity index (χ1) is 13.7. The standard InChI is InChI=1S/C15H20N6O8/c1-5(23)7(14(26)27)19-15(28)20-11-8-12(17-3-16-11)21(4-18-8)13-10(25)9(24)6(2-22)29-13/h3-7,9-10,13,22-25H,2H2,1H3,(H,26,27)(H2,16,17,19,20,28)/t5?,6-,7?,9-,10-,13-/m1/s1. The van der Waals surface area contributed by atoms with Crippen LogP contribution < -0.4 is 10.6 Å². The average Bonchev–Trinajstić information content (AvgIpc) is 3.21. The van der Waals surface area contributed by atoms with Gasteiger partial charge in [-0.05, 0) is 6.92 Å². The molecule has 0 radical (unpaired) electrons. The first-order valence-electron chi connectivity index (χ1n) is 8.53. The van der Waals surface area contributed by atoms with Gasteiger partial charge >= 0.3 is 12.0 Å². The van der Waals surface area contributed by atoms with E-state index in [2.05, 4.69) is 25.6 Å². The Morgan fingerprint density at radius 2 is 2.00 bits per heavy atom. The lowest BCUT2D eigenvalue weighted by atomic mass is 10.1. The molecule has 158 valence electrons. The Labute approximate surface area is 162 Å². The summed E-state index contributed by atoms with van der Waals surface area (Å²) in [5.74, 6) is -1.48. The van der Waals surface area contributed by atoms with Crippen molar-refractivity contribution in [2.24, 2.45) is 0 Å². The Kier molecular flexibility index (Phi) is 5.90. The molecule has 0 spiro atoms. The van der Waals surface area contributed by atoms with E-state index in [1.165, 1.54) is 17.8 Å². The molecule has 2 aromatic heterocycles. The Morgan fingerprint density at radius 1 is 1.28 bits per heavy atom. The second-order valence-electron chi connectivity index (χ2n) is 6.43. The number of aliphatic hydroxyl groups excluding tert-OH is 4. The number of carboxylic acid groups (broad SMARTS) is 1. The van der Waals surface area contributed by atoms with Crippen LogP contribution in [0.5, 0.6) is 0 Å². The second-order valence-corrected chi connectivity index (χ2v) is 6.43. The highest BCUT2D eigenvalue weighted by Crippen LogP contribution is 2.32. The summed E-state index contributed by atoms with van der Waals surface area (Å²) in [4.78, 5) is 35.2. The third-order valence-corrected chi connectivity index (χ3v) is 4.42. The molecule has 14 heteroatoms. The average molecular weight is 412 g/mol. The predicted molar refractivity (Wildman–Crippen MR) is 93.6 cm³/mol. The van der Waals surface area contributed by atoms with Crippen LogP contribution in [0.3, 0.4) is 0 Å². The summed E-state index contributed by atoms with van der Waals surface area (Å²) in [5.41, 5.74) is 0.250. The maximum atomic E-state index is 12.1. The van der Waals surface area contributed by atoms with Crippen LogP contribution in [0, 0.1) is 0 Å². The lowest BCUT2D eigenvalue weighted by Crippen LogP contribution is -2.49. The molecule has 29 heavy (non-hydrogen) atoms. The van der Waals surface area contributed by atoms with Gasteiger partial charge in [0, 0.05) is 0 Å². The normalized spacial score (nSPS) is 26.2. The number of aromatic nitrogens is 4. The molecule has 1 fully saturated rings. The number of anilines is 1. The number of aliphatic hydroxyl groups is 4. The van der Waals surface area contributed by atoms with Gasteiger partial charge in [-0.2, -0.15) is 0 Å². The Balaban J connectivity index is 1.83. The number of carbonyl (C=O) groups excluding carboxylic acids is 1. The van der Waals surface area contributed by atoms with Crippen molar-refractivity contribution in [3.05, 3.63) is 12.7 Å². The fourth-order valence-corrected chi connectivity index (χ4v) is 2.91. The molecule has 7 N–H and O–H groups in total. The van der Waals surface area contributed by atoms with E-state index in [0.29, 0.717) is 0 Å². The second kappa shape index (κ2) is 8.22. The van der Waals surface area contributed by atoms with Crippen molar-refractivity contribution < 1.29 is 39.9 Å². The summed E-state index contributed by atoms with van der Waals surface area (Å²) in [6.45, 7) is 0.710. The molecule has 3 rings (SSSR count). The minimum absolute atomic E-state index is 0.0623. The van der Waals surface area contributed by atoms with Gasteiger partial charge in [-0.15, -0.1) is 0 Å². The van der Waals surface area contributed by atoms with E-state index in [9.17, 15) is 30.0 Å². The monoisotopic (exact) mass is 412 g/mol. The van der Waals surface area contributed by atoms with Gasteiger partial charge in [0.05, 0.1) is 19.0 Å². The molecule has 1 saturated heterocycles. The summed E-state index contributed by atoms with van der Waals surface area (Å²) in [6.07, 6.45) is -3.75. The summed E-state index contributed by atoms with van der Waals surface area (Å²) in [5, 5.41) is 52.2. The van der Waals surface area contributed by atoms with Crippen molar-refractivity contribution in [3.63, 3.8) is 0 Å². The number of amides is 2. The SMILES string of the molecule is CC(O)C(NC(=O)Nc1ncnc2c1ncn2[C@@H]1O[C@H](CO)[C@@H](O)[C@H]1O)C(=O)O. The van der Waals surface area contributed by atoms with Crippen LogP contribution in [0.4, 0.5) is 10.6 Å². The first kappa shape index (κ1) is 20.8. The molecule has 0 saturated carbocycles. The van der Waals surface area contributed by atoms with E-state index in [1.54, 1.807) is 0 Å². The van der Waals surface area contributed by atoms with Crippen molar-refractivity contribution in [1.82, 2.24) is 24.8 Å². The Bertz CT molecular complexity index is 904. The zero-order valence-corrected chi connectivity index (χ0v) is 15.1. The number of hydrogen-bond acceptors (Lipinski definition) is 10. The lowest BCUT2D eigenvalue weighted by molar-refractivity contribution is -0.141. The Morgan fingerprint density at radius 3 is 2.59 bits per heavy atom. The molecule has 6 atom stereocenters. The topological polar surface area (TPSA) is 212 Å². The highest BCUT2D eigenvalue weighted by Gasteiger charge is 2.44. The van der Waals surface area contributed by atoms with Gasteiger partial charge in [0.1, 0.15) is 24.6 Å². The van der Waals surface area contributed by atoms with Crippen molar-refractivity contribution in [3.8, 4) is 0 Å². The number of rotatable bonds is 6. The largest absolute Gasteiger partial charge is 0.480 e. The fourth-order valence-electron chi connectivity index (χ4n) is 2.91. The third kappa shape index (κ3) is 3.96. The summed E-state index contributed by atoms with van der Waals surface area (Å²) >= 11 is 0. The van der Waals surface area contributed by atoms with Gasteiger partial charge in [0.15, 0.2) is 29.3 Å². The molecule has 0 bridgehead atoms. The molecule has 1 aliphatic rings. The number of hydrogen-bond donors (Lipinski definition) is 7. The number of imidazole rings is 1. The van der Waals surface area contributed by atoms with Crippen molar-refractivity contribution >= 4 is 29.0 Å². The Hall–Kier alpha value is -2.91. The minimum Gasteiger partial charge on any atom is -0.480 e. The predicted octanol–water partition coefficient (Wildman–Crippen LogP) is -2.61. The van der Waals surface area contributed by atoms with E-state index < -0.39 is 55.3 Å². The van der Waals surface area contributed by atoms with Crippen LogP contribution >= 0.6 is 0 Å². The van der Waals surface area contributed by atoms with Crippen LogP contribution in [-0.4, -0.2) is 94.1 Å². The number of ether oxygens (including phenoxy) is 1. The van der Waals surface area contributed by atoms with Crippen LogP contribution in [0.15, 0.2) is 12.7 Å². The molecule has 2 unspecified atom stereocenters. The first-order valence-corrected chi connectivity index (χ1v) is 8.53. The van der Waals surface area contributed by atoms with E-state index >= 15 is 0 Å². The van der Waals surface area contributed by atoms with Gasteiger partial charge in [0.25, 0.3) is 0 Å². The minimum atomic E-state index is -1.54. The summed E-state index contributed by atoms with van der Waals surface area (Å²) < 4.78 is 6.74. The molecule has 0 aliphatic carbocycles. The molecule has 2 aromatic rings. The van der Waals surface area contributed by atoms with Crippen LogP contribution in [0.2, 0.25) is 0 Å². The highest BCUT2D eigenvalue weighted by molar-refractivity contribution is 5.97. The van der Waals surface area contributed by atoms with Gasteiger partial charge in [-0.3, -0.25) is 9.88 Å². The number of nitrogens with one attached hydrogen (secondary N) is 2. The number of aliphatic carboxylic acids is 1. The highest BCUT2D eigenvalue weighted by atomic mass is 16.6. The van der Waals surface area contributed by atoms with Crippen LogP contribution in [-0.2, 0) is 9.53 Å².